The van der Waals surface area contributed by atoms with E-state index in [0.29, 0.717) is 5.92 Å². The van der Waals surface area contributed by atoms with Crippen LogP contribution < -0.4 is 4.90 Å². The number of benzene rings is 1. The van der Waals surface area contributed by atoms with Gasteiger partial charge in [0.15, 0.2) is 0 Å². The third kappa shape index (κ3) is 2.72. The quantitative estimate of drug-likeness (QED) is 0.780. The molecule has 1 unspecified atom stereocenters. The van der Waals surface area contributed by atoms with Crippen LogP contribution in [0.15, 0.2) is 30.6 Å². The number of anilines is 1. The molecule has 1 aliphatic heterocycles. The lowest BCUT2D eigenvalue weighted by Crippen LogP contribution is -2.26. The molecule has 0 spiro atoms. The summed E-state index contributed by atoms with van der Waals surface area (Å²) in [6.07, 6.45) is 5.23. The lowest BCUT2D eigenvalue weighted by molar-refractivity contribution is 0.637. The Balaban J connectivity index is 0.000000704. The highest BCUT2D eigenvalue weighted by atomic mass is 15.2. The molecule has 1 aromatic heterocycles. The van der Waals surface area contributed by atoms with E-state index in [-0.39, 0.29) is 0 Å². The SMILES string of the molecule is CC.CC1CCN(C)c2ccc(-c3cnn(C)c3)cc21. The van der Waals surface area contributed by atoms with Crippen molar-refractivity contribution in [3.63, 3.8) is 0 Å². The van der Waals surface area contributed by atoms with Crippen molar-refractivity contribution in [1.82, 2.24) is 9.78 Å². The van der Waals surface area contributed by atoms with E-state index in [1.165, 1.54) is 28.8 Å². The van der Waals surface area contributed by atoms with Crippen LogP contribution in [0.3, 0.4) is 0 Å². The summed E-state index contributed by atoms with van der Waals surface area (Å²) in [4.78, 5) is 2.35. The molecule has 3 heteroatoms. The third-order valence-electron chi connectivity index (χ3n) is 3.91. The third-order valence-corrected chi connectivity index (χ3v) is 3.91. The van der Waals surface area contributed by atoms with E-state index < -0.39 is 0 Å². The zero-order valence-corrected chi connectivity index (χ0v) is 13.2. The van der Waals surface area contributed by atoms with Gasteiger partial charge in [-0.15, -0.1) is 0 Å². The van der Waals surface area contributed by atoms with Gasteiger partial charge in [-0.1, -0.05) is 26.8 Å². The van der Waals surface area contributed by atoms with Crippen LogP contribution in [0.2, 0.25) is 0 Å². The number of hydrogen-bond acceptors (Lipinski definition) is 2. The Morgan fingerprint density at radius 1 is 1.15 bits per heavy atom. The monoisotopic (exact) mass is 271 g/mol. The summed E-state index contributed by atoms with van der Waals surface area (Å²) in [7, 11) is 4.13. The number of aryl methyl sites for hydroxylation is 1. The molecule has 0 aliphatic carbocycles. The number of nitrogens with zero attached hydrogens (tertiary/aromatic N) is 3. The van der Waals surface area contributed by atoms with E-state index in [9.17, 15) is 0 Å². The average molecular weight is 271 g/mol. The summed E-state index contributed by atoms with van der Waals surface area (Å²) in [6.45, 7) is 7.47. The van der Waals surface area contributed by atoms with Crippen molar-refractivity contribution in [1.29, 1.82) is 0 Å². The molecule has 2 aromatic rings. The van der Waals surface area contributed by atoms with E-state index >= 15 is 0 Å². The first-order valence-corrected chi connectivity index (χ1v) is 7.49. The van der Waals surface area contributed by atoms with Gasteiger partial charge in [-0.2, -0.15) is 5.10 Å². The van der Waals surface area contributed by atoms with Gasteiger partial charge >= 0.3 is 0 Å². The van der Waals surface area contributed by atoms with Gasteiger partial charge in [-0.3, -0.25) is 4.68 Å². The number of hydrogen-bond donors (Lipinski definition) is 0. The molecule has 0 saturated heterocycles. The molecule has 1 atom stereocenters. The fourth-order valence-corrected chi connectivity index (χ4v) is 2.71. The zero-order chi connectivity index (χ0) is 14.7. The maximum absolute atomic E-state index is 4.25. The standard InChI is InChI=1S/C15H19N3.C2H6/c1-11-6-7-17(2)15-5-4-12(8-14(11)15)13-9-16-18(3)10-13;1-2/h4-5,8-11H,6-7H2,1-3H3;1-2H3. The van der Waals surface area contributed by atoms with Crippen molar-refractivity contribution in [2.24, 2.45) is 7.05 Å². The first-order valence-electron chi connectivity index (χ1n) is 7.49. The fourth-order valence-electron chi connectivity index (χ4n) is 2.71. The number of fused-ring (bicyclic) bond motifs is 1. The molecule has 1 aromatic carbocycles. The van der Waals surface area contributed by atoms with Crippen molar-refractivity contribution in [3.8, 4) is 11.1 Å². The van der Waals surface area contributed by atoms with Crippen molar-refractivity contribution in [2.45, 2.75) is 33.1 Å². The highest BCUT2D eigenvalue weighted by Gasteiger charge is 2.20. The first kappa shape index (κ1) is 14.6. The van der Waals surface area contributed by atoms with E-state index in [2.05, 4.69) is 48.4 Å². The molecular formula is C17H25N3. The van der Waals surface area contributed by atoms with E-state index in [4.69, 9.17) is 0 Å². The number of aromatic nitrogens is 2. The summed E-state index contributed by atoms with van der Waals surface area (Å²) in [5, 5.41) is 4.25. The van der Waals surface area contributed by atoms with Crippen LogP contribution in [0.1, 0.15) is 38.7 Å². The van der Waals surface area contributed by atoms with Crippen molar-refractivity contribution in [2.75, 3.05) is 18.5 Å². The van der Waals surface area contributed by atoms with Crippen LogP contribution in [0.25, 0.3) is 11.1 Å². The molecule has 0 saturated carbocycles. The van der Waals surface area contributed by atoms with Crippen LogP contribution in [-0.4, -0.2) is 23.4 Å². The summed E-state index contributed by atoms with van der Waals surface area (Å²) in [6, 6.07) is 6.77. The molecule has 0 fully saturated rings. The van der Waals surface area contributed by atoms with Crippen LogP contribution in [0, 0.1) is 0 Å². The van der Waals surface area contributed by atoms with Gasteiger partial charge in [-0.25, -0.2) is 0 Å². The summed E-state index contributed by atoms with van der Waals surface area (Å²) in [5.74, 6) is 0.646. The maximum atomic E-state index is 4.25. The van der Waals surface area contributed by atoms with E-state index in [0.717, 1.165) is 6.54 Å². The Labute approximate surface area is 122 Å². The molecule has 0 bridgehead atoms. The Hall–Kier alpha value is -1.77. The summed E-state index contributed by atoms with van der Waals surface area (Å²) in [5.41, 5.74) is 5.30. The van der Waals surface area contributed by atoms with Crippen molar-refractivity contribution in [3.05, 3.63) is 36.2 Å². The minimum absolute atomic E-state index is 0.646. The second-order valence-electron chi connectivity index (χ2n) is 5.29. The fraction of sp³-hybridized carbons (Fsp3) is 0.471. The van der Waals surface area contributed by atoms with Crippen molar-refractivity contribution < 1.29 is 0 Å². The van der Waals surface area contributed by atoms with Crippen LogP contribution in [0.4, 0.5) is 5.69 Å². The Morgan fingerprint density at radius 3 is 2.55 bits per heavy atom. The summed E-state index contributed by atoms with van der Waals surface area (Å²) < 4.78 is 1.85. The van der Waals surface area contributed by atoms with Gasteiger partial charge in [-0.05, 0) is 35.6 Å². The van der Waals surface area contributed by atoms with Crippen LogP contribution in [-0.2, 0) is 7.05 Å². The Morgan fingerprint density at radius 2 is 1.90 bits per heavy atom. The topological polar surface area (TPSA) is 21.1 Å². The van der Waals surface area contributed by atoms with Gasteiger partial charge in [0.25, 0.3) is 0 Å². The maximum Gasteiger partial charge on any atom is 0.0568 e. The van der Waals surface area contributed by atoms with Gasteiger partial charge < -0.3 is 4.90 Å². The van der Waals surface area contributed by atoms with E-state index in [1.807, 2.05) is 31.8 Å². The second-order valence-corrected chi connectivity index (χ2v) is 5.29. The second kappa shape index (κ2) is 6.12. The molecular weight excluding hydrogens is 246 g/mol. The predicted octanol–water partition coefficient (Wildman–Crippen LogP) is 4.06. The molecule has 108 valence electrons. The first-order chi connectivity index (χ1) is 9.65. The lowest BCUT2D eigenvalue weighted by Gasteiger charge is -2.31. The van der Waals surface area contributed by atoms with E-state index in [1.54, 1.807) is 0 Å². The minimum Gasteiger partial charge on any atom is -0.374 e. The van der Waals surface area contributed by atoms with Gasteiger partial charge in [0.2, 0.25) is 0 Å². The summed E-state index contributed by atoms with van der Waals surface area (Å²) >= 11 is 0. The molecule has 1 aliphatic rings. The Kier molecular flexibility index (Phi) is 4.48. The van der Waals surface area contributed by atoms with Crippen LogP contribution >= 0.6 is 0 Å². The molecule has 3 nitrogen and oxygen atoms in total. The molecule has 2 heterocycles. The molecule has 0 radical (unpaired) electrons. The van der Waals surface area contributed by atoms with Gasteiger partial charge in [0.1, 0.15) is 0 Å². The highest BCUT2D eigenvalue weighted by Crippen LogP contribution is 2.36. The van der Waals surface area contributed by atoms with Gasteiger partial charge in [0.05, 0.1) is 6.20 Å². The molecule has 0 N–H and O–H groups in total. The minimum atomic E-state index is 0.646. The highest BCUT2D eigenvalue weighted by molar-refractivity contribution is 5.69. The molecule has 3 rings (SSSR count). The lowest BCUT2D eigenvalue weighted by atomic mass is 9.89. The molecule has 0 amide bonds. The van der Waals surface area contributed by atoms with Crippen LogP contribution in [0.5, 0.6) is 0 Å². The average Bonchev–Trinajstić information content (AvgIpc) is 2.91. The Bertz CT molecular complexity index is 571. The molecule has 20 heavy (non-hydrogen) atoms. The largest absolute Gasteiger partial charge is 0.374 e. The normalized spacial score (nSPS) is 17.2. The van der Waals surface area contributed by atoms with Gasteiger partial charge in [0, 0.05) is 38.1 Å². The number of rotatable bonds is 1. The zero-order valence-electron chi connectivity index (χ0n) is 13.2. The smallest absolute Gasteiger partial charge is 0.0568 e. The predicted molar refractivity (Wildman–Crippen MR) is 86.3 cm³/mol. The van der Waals surface area contributed by atoms with Crippen molar-refractivity contribution >= 4 is 5.69 Å².